The van der Waals surface area contributed by atoms with Gasteiger partial charge in [-0.2, -0.15) is 0 Å². The summed E-state index contributed by atoms with van der Waals surface area (Å²) in [6.45, 7) is 3.63. The van der Waals surface area contributed by atoms with Crippen molar-refractivity contribution in [2.75, 3.05) is 7.11 Å². The summed E-state index contributed by atoms with van der Waals surface area (Å²) in [5.41, 5.74) is 7.78. The highest BCUT2D eigenvalue weighted by Crippen LogP contribution is 2.21. The number of hydrogen-bond acceptors (Lipinski definition) is 3. The third-order valence-electron chi connectivity index (χ3n) is 3.60. The van der Waals surface area contributed by atoms with E-state index in [1.807, 2.05) is 50.4 Å². The van der Waals surface area contributed by atoms with Crippen LogP contribution in [-0.2, 0) is 16.0 Å². The average molecular weight is 286 g/mol. The molecule has 112 valence electrons. The van der Waals surface area contributed by atoms with Crippen LogP contribution in [0, 0.1) is 5.41 Å². The summed E-state index contributed by atoms with van der Waals surface area (Å²) >= 11 is 0. The lowest BCUT2D eigenvalue weighted by Crippen LogP contribution is -2.25. The fourth-order valence-electron chi connectivity index (χ4n) is 2.32. The van der Waals surface area contributed by atoms with Crippen molar-refractivity contribution in [1.29, 1.82) is 0 Å². The maximum atomic E-state index is 11.6. The minimum atomic E-state index is -0.660. The number of aromatic amines is 1. The van der Waals surface area contributed by atoms with Crippen LogP contribution in [-0.4, -0.2) is 24.1 Å². The molecule has 1 unspecified atom stereocenters. The van der Waals surface area contributed by atoms with Crippen LogP contribution in [0.5, 0.6) is 0 Å². The summed E-state index contributed by atoms with van der Waals surface area (Å²) in [6, 6.07) is 7.99. The molecule has 0 bridgehead atoms. The Morgan fingerprint density at radius 1 is 1.43 bits per heavy atom. The minimum absolute atomic E-state index is 0.145. The first-order valence-corrected chi connectivity index (χ1v) is 7.02. The van der Waals surface area contributed by atoms with E-state index >= 15 is 0 Å². The largest absolute Gasteiger partial charge is 0.468 e. The minimum Gasteiger partial charge on any atom is -0.468 e. The van der Waals surface area contributed by atoms with Crippen LogP contribution in [0.25, 0.3) is 10.9 Å². The van der Waals surface area contributed by atoms with E-state index in [2.05, 4.69) is 11.1 Å². The molecule has 1 aromatic heterocycles. The van der Waals surface area contributed by atoms with Gasteiger partial charge in [0.25, 0.3) is 0 Å². The van der Waals surface area contributed by atoms with Gasteiger partial charge in [-0.25, -0.2) is 0 Å². The van der Waals surface area contributed by atoms with Gasteiger partial charge in [-0.3, -0.25) is 4.79 Å². The van der Waals surface area contributed by atoms with Gasteiger partial charge in [0.1, 0.15) is 0 Å². The van der Waals surface area contributed by atoms with Crippen molar-refractivity contribution < 1.29 is 9.53 Å². The first kappa shape index (κ1) is 15.3. The molecule has 2 aromatic rings. The van der Waals surface area contributed by atoms with Crippen molar-refractivity contribution in [3.8, 4) is 0 Å². The van der Waals surface area contributed by atoms with E-state index in [1.54, 1.807) is 0 Å². The highest BCUT2D eigenvalue weighted by molar-refractivity contribution is 5.83. The highest BCUT2D eigenvalue weighted by atomic mass is 16.5. The smallest absolute Gasteiger partial charge is 0.315 e. The van der Waals surface area contributed by atoms with Gasteiger partial charge in [0.2, 0.25) is 0 Å². The van der Waals surface area contributed by atoms with E-state index in [-0.39, 0.29) is 12.0 Å². The molecule has 0 spiro atoms. The molecule has 0 aliphatic heterocycles. The molecule has 0 aliphatic carbocycles. The predicted octanol–water partition coefficient (Wildman–Crippen LogP) is 2.79. The molecule has 3 N–H and O–H groups in total. The Morgan fingerprint density at radius 3 is 2.86 bits per heavy atom. The number of nitrogens with one attached hydrogen (secondary N) is 1. The number of carbonyl (C=O) groups is 1. The van der Waals surface area contributed by atoms with Gasteiger partial charge in [0.15, 0.2) is 0 Å². The van der Waals surface area contributed by atoms with Crippen LogP contribution in [0.4, 0.5) is 0 Å². The van der Waals surface area contributed by atoms with Crippen LogP contribution >= 0.6 is 0 Å². The molecule has 1 atom stereocenters. The van der Waals surface area contributed by atoms with E-state index in [4.69, 9.17) is 10.5 Å². The van der Waals surface area contributed by atoms with Crippen molar-refractivity contribution in [1.82, 2.24) is 4.98 Å². The molecule has 1 aromatic carbocycles. The zero-order valence-corrected chi connectivity index (χ0v) is 12.7. The van der Waals surface area contributed by atoms with Crippen LogP contribution < -0.4 is 5.73 Å². The van der Waals surface area contributed by atoms with Crippen LogP contribution in [0.3, 0.4) is 0 Å². The molecule has 0 saturated heterocycles. The molecule has 0 saturated carbocycles. The van der Waals surface area contributed by atoms with Gasteiger partial charge in [-0.15, -0.1) is 0 Å². The molecule has 1 heterocycles. The van der Waals surface area contributed by atoms with Gasteiger partial charge >= 0.3 is 5.97 Å². The van der Waals surface area contributed by atoms with E-state index in [1.165, 1.54) is 18.1 Å². The van der Waals surface area contributed by atoms with E-state index in [0.29, 0.717) is 0 Å². The van der Waals surface area contributed by atoms with Crippen molar-refractivity contribution >= 4 is 16.9 Å². The number of rotatable bonds is 5. The predicted molar refractivity (Wildman–Crippen MR) is 84.9 cm³/mol. The standard InChI is InChI=1S/C17H22N2O2/c1-17(2,16(20)21-3)9-8-13(18)10-12-11-19-15-7-5-4-6-14(12)15/h4-9,11,13,19H,10,18H2,1-3H3/b9-8+. The summed E-state index contributed by atoms with van der Waals surface area (Å²) in [5, 5.41) is 1.19. The number of ether oxygens (including phenoxy) is 1. The second kappa shape index (κ2) is 6.14. The van der Waals surface area contributed by atoms with Crippen molar-refractivity contribution in [2.45, 2.75) is 26.3 Å². The van der Waals surface area contributed by atoms with E-state index in [9.17, 15) is 4.79 Å². The number of benzene rings is 1. The summed E-state index contributed by atoms with van der Waals surface area (Å²) in [4.78, 5) is 14.9. The quantitative estimate of drug-likeness (QED) is 0.656. The number of carbonyl (C=O) groups excluding carboxylic acids is 1. The second-order valence-electron chi connectivity index (χ2n) is 5.80. The van der Waals surface area contributed by atoms with Gasteiger partial charge in [-0.1, -0.05) is 30.4 Å². The number of H-pyrrole nitrogens is 1. The Hall–Kier alpha value is -2.07. The topological polar surface area (TPSA) is 68.1 Å². The number of hydrogen-bond donors (Lipinski definition) is 2. The van der Waals surface area contributed by atoms with Gasteiger partial charge < -0.3 is 15.5 Å². The number of esters is 1. The number of methoxy groups -OCH3 is 1. The van der Waals surface area contributed by atoms with Gasteiger partial charge in [0.05, 0.1) is 12.5 Å². The Morgan fingerprint density at radius 2 is 2.14 bits per heavy atom. The summed E-state index contributed by atoms with van der Waals surface area (Å²) in [6.07, 6.45) is 6.40. The van der Waals surface area contributed by atoms with Crippen LogP contribution in [0.15, 0.2) is 42.6 Å². The third kappa shape index (κ3) is 3.52. The molecular formula is C17H22N2O2. The van der Waals surface area contributed by atoms with Crippen LogP contribution in [0.1, 0.15) is 19.4 Å². The highest BCUT2D eigenvalue weighted by Gasteiger charge is 2.25. The van der Waals surface area contributed by atoms with Crippen molar-refractivity contribution in [3.63, 3.8) is 0 Å². The zero-order chi connectivity index (χ0) is 15.5. The normalized spacial score (nSPS) is 13.7. The molecule has 21 heavy (non-hydrogen) atoms. The molecule has 0 fully saturated rings. The summed E-state index contributed by atoms with van der Waals surface area (Å²) in [7, 11) is 1.39. The average Bonchev–Trinajstić information content (AvgIpc) is 2.88. The summed E-state index contributed by atoms with van der Waals surface area (Å²) < 4.78 is 4.77. The van der Waals surface area contributed by atoms with Gasteiger partial charge in [0, 0.05) is 23.1 Å². The Balaban J connectivity index is 2.08. The van der Waals surface area contributed by atoms with Crippen molar-refractivity contribution in [3.05, 3.63) is 48.2 Å². The van der Waals surface area contributed by atoms with Crippen LogP contribution in [0.2, 0.25) is 0 Å². The number of para-hydroxylation sites is 1. The Kier molecular flexibility index (Phi) is 4.48. The molecule has 0 radical (unpaired) electrons. The molecule has 4 heteroatoms. The first-order chi connectivity index (χ1) is 9.94. The SMILES string of the molecule is COC(=O)C(C)(C)/C=C/C(N)Cc1c[nH]c2ccccc12. The Labute approximate surface area is 125 Å². The number of nitrogens with two attached hydrogens (primary N) is 1. The monoisotopic (exact) mass is 286 g/mol. The molecule has 4 nitrogen and oxygen atoms in total. The number of aromatic nitrogens is 1. The Bertz CT molecular complexity index is 656. The first-order valence-electron chi connectivity index (χ1n) is 7.02. The summed E-state index contributed by atoms with van der Waals surface area (Å²) in [5.74, 6) is -0.266. The van der Waals surface area contributed by atoms with E-state index in [0.717, 1.165) is 11.9 Å². The molecular weight excluding hydrogens is 264 g/mol. The second-order valence-corrected chi connectivity index (χ2v) is 5.80. The molecule has 0 amide bonds. The third-order valence-corrected chi connectivity index (χ3v) is 3.60. The maximum absolute atomic E-state index is 11.6. The van der Waals surface area contributed by atoms with E-state index < -0.39 is 5.41 Å². The molecule has 0 aliphatic rings. The van der Waals surface area contributed by atoms with Gasteiger partial charge in [-0.05, 0) is 31.9 Å². The maximum Gasteiger partial charge on any atom is 0.315 e. The lowest BCUT2D eigenvalue weighted by Gasteiger charge is -2.17. The lowest BCUT2D eigenvalue weighted by molar-refractivity contribution is -0.148. The lowest BCUT2D eigenvalue weighted by atomic mass is 9.92. The van der Waals surface area contributed by atoms with Crippen molar-refractivity contribution in [2.24, 2.45) is 11.1 Å². The fraction of sp³-hybridized carbons (Fsp3) is 0.353. The molecule has 2 rings (SSSR count). The number of fused-ring (bicyclic) bond motifs is 1. The zero-order valence-electron chi connectivity index (χ0n) is 12.7. The fourth-order valence-corrected chi connectivity index (χ4v) is 2.32.